The molecule has 0 saturated carbocycles. The van der Waals surface area contributed by atoms with Gasteiger partial charge in [-0.05, 0) is 25.5 Å². The molecule has 3 heteroatoms. The summed E-state index contributed by atoms with van der Waals surface area (Å²) in [6.07, 6.45) is -0.323. The van der Waals surface area contributed by atoms with Crippen molar-refractivity contribution in [1.82, 2.24) is 0 Å². The second-order valence-corrected chi connectivity index (χ2v) is 5.63. The molecule has 0 aromatic heterocycles. The Kier molecular flexibility index (Phi) is 3.70. The third kappa shape index (κ3) is 2.80. The Hall–Kier alpha value is -1.84. The summed E-state index contributed by atoms with van der Waals surface area (Å²) in [6, 6.07) is 18.1. The van der Waals surface area contributed by atoms with Gasteiger partial charge >= 0.3 is 0 Å². The van der Waals surface area contributed by atoms with Gasteiger partial charge in [0.05, 0.1) is 7.11 Å². The zero-order valence-electron chi connectivity index (χ0n) is 12.6. The highest BCUT2D eigenvalue weighted by molar-refractivity contribution is 5.37. The molecule has 21 heavy (non-hydrogen) atoms. The molecule has 3 rings (SSSR count). The summed E-state index contributed by atoms with van der Waals surface area (Å²) in [5.74, 6) is 0.205. The smallest absolute Gasteiger partial charge is 0.164 e. The van der Waals surface area contributed by atoms with E-state index in [1.807, 2.05) is 56.3 Å². The molecule has 0 spiro atoms. The van der Waals surface area contributed by atoms with Crippen molar-refractivity contribution < 1.29 is 14.2 Å². The minimum absolute atomic E-state index is 0.141. The van der Waals surface area contributed by atoms with Crippen LogP contribution in [0, 0.1) is 0 Å². The maximum absolute atomic E-state index is 6.14. The molecule has 1 aliphatic heterocycles. The predicted octanol–water partition coefficient (Wildman–Crippen LogP) is 4.26. The van der Waals surface area contributed by atoms with Gasteiger partial charge in [0.2, 0.25) is 0 Å². The summed E-state index contributed by atoms with van der Waals surface area (Å²) in [5.41, 5.74) is 2.12. The van der Waals surface area contributed by atoms with Crippen LogP contribution in [0.25, 0.3) is 0 Å². The molecule has 1 fully saturated rings. The number of rotatable bonds is 3. The Balaban J connectivity index is 2.02. The van der Waals surface area contributed by atoms with Crippen LogP contribution < -0.4 is 4.74 Å². The van der Waals surface area contributed by atoms with E-state index >= 15 is 0 Å². The van der Waals surface area contributed by atoms with Crippen molar-refractivity contribution in [2.24, 2.45) is 0 Å². The number of benzene rings is 2. The fourth-order valence-electron chi connectivity index (χ4n) is 2.78. The van der Waals surface area contributed by atoms with Crippen LogP contribution in [0.1, 0.15) is 37.2 Å². The Morgan fingerprint density at radius 2 is 1.48 bits per heavy atom. The molecule has 2 atom stereocenters. The lowest BCUT2D eigenvalue weighted by molar-refractivity contribution is -0.147. The zero-order valence-corrected chi connectivity index (χ0v) is 12.6. The van der Waals surface area contributed by atoms with Gasteiger partial charge in [-0.3, -0.25) is 0 Å². The van der Waals surface area contributed by atoms with Crippen molar-refractivity contribution in [2.75, 3.05) is 7.11 Å². The first-order chi connectivity index (χ1) is 10.1. The van der Waals surface area contributed by atoms with Crippen molar-refractivity contribution in [1.29, 1.82) is 0 Å². The number of methoxy groups -OCH3 is 1. The van der Waals surface area contributed by atoms with E-state index in [4.69, 9.17) is 14.2 Å². The Morgan fingerprint density at radius 1 is 0.857 bits per heavy atom. The molecule has 0 bridgehead atoms. The SMILES string of the molecule is COc1ccccc1[C@H]1OC(C)(C)O[C@H]1c1ccccc1. The average Bonchev–Trinajstić information content (AvgIpc) is 2.84. The molecule has 1 heterocycles. The molecular weight excluding hydrogens is 264 g/mol. The van der Waals surface area contributed by atoms with Crippen LogP contribution in [0.4, 0.5) is 0 Å². The van der Waals surface area contributed by atoms with Crippen LogP contribution >= 0.6 is 0 Å². The van der Waals surface area contributed by atoms with Crippen LogP contribution in [0.5, 0.6) is 5.75 Å². The van der Waals surface area contributed by atoms with Crippen LogP contribution in [-0.2, 0) is 9.47 Å². The third-order valence-corrected chi connectivity index (χ3v) is 3.67. The summed E-state index contributed by atoms with van der Waals surface area (Å²) in [4.78, 5) is 0. The summed E-state index contributed by atoms with van der Waals surface area (Å²) >= 11 is 0. The van der Waals surface area contributed by atoms with E-state index in [0.717, 1.165) is 16.9 Å². The monoisotopic (exact) mass is 284 g/mol. The minimum Gasteiger partial charge on any atom is -0.496 e. The van der Waals surface area contributed by atoms with E-state index in [0.29, 0.717) is 0 Å². The van der Waals surface area contributed by atoms with Crippen LogP contribution in [0.15, 0.2) is 54.6 Å². The number of ether oxygens (including phenoxy) is 3. The van der Waals surface area contributed by atoms with Gasteiger partial charge in [0, 0.05) is 5.56 Å². The van der Waals surface area contributed by atoms with Crippen LogP contribution in [0.2, 0.25) is 0 Å². The lowest BCUT2D eigenvalue weighted by atomic mass is 9.98. The van der Waals surface area contributed by atoms with Crippen molar-refractivity contribution in [3.05, 3.63) is 65.7 Å². The highest BCUT2D eigenvalue weighted by Gasteiger charge is 2.43. The van der Waals surface area contributed by atoms with Crippen molar-refractivity contribution >= 4 is 0 Å². The Morgan fingerprint density at radius 3 is 2.19 bits per heavy atom. The topological polar surface area (TPSA) is 27.7 Å². The highest BCUT2D eigenvalue weighted by atomic mass is 16.8. The van der Waals surface area contributed by atoms with Crippen molar-refractivity contribution in [3.8, 4) is 5.75 Å². The second-order valence-electron chi connectivity index (χ2n) is 5.63. The van der Waals surface area contributed by atoms with Crippen LogP contribution in [-0.4, -0.2) is 12.9 Å². The molecule has 0 aliphatic carbocycles. The number of hydrogen-bond donors (Lipinski definition) is 0. The van der Waals surface area contributed by atoms with E-state index in [-0.39, 0.29) is 12.2 Å². The molecule has 110 valence electrons. The standard InChI is InChI=1S/C18H20O3/c1-18(2)20-16(13-9-5-4-6-10-13)17(21-18)14-11-7-8-12-15(14)19-3/h4-12,16-17H,1-3H3/t16-,17+/m0/s1. The molecule has 2 aromatic rings. The van der Waals surface area contributed by atoms with E-state index in [1.165, 1.54) is 0 Å². The quantitative estimate of drug-likeness (QED) is 0.843. The molecule has 0 radical (unpaired) electrons. The van der Waals surface area contributed by atoms with Gasteiger partial charge in [-0.1, -0.05) is 48.5 Å². The lowest BCUT2D eigenvalue weighted by Crippen LogP contribution is -2.20. The van der Waals surface area contributed by atoms with Gasteiger partial charge in [-0.2, -0.15) is 0 Å². The first-order valence-corrected chi connectivity index (χ1v) is 7.14. The van der Waals surface area contributed by atoms with E-state index < -0.39 is 5.79 Å². The van der Waals surface area contributed by atoms with Gasteiger partial charge in [-0.25, -0.2) is 0 Å². The number of hydrogen-bond acceptors (Lipinski definition) is 3. The normalized spacial score (nSPS) is 24.0. The first-order valence-electron chi connectivity index (χ1n) is 7.14. The van der Waals surface area contributed by atoms with Gasteiger partial charge in [0.1, 0.15) is 18.0 Å². The maximum atomic E-state index is 6.14. The van der Waals surface area contributed by atoms with Crippen LogP contribution in [0.3, 0.4) is 0 Å². The zero-order chi connectivity index (χ0) is 14.9. The fourth-order valence-corrected chi connectivity index (χ4v) is 2.78. The largest absolute Gasteiger partial charge is 0.496 e. The summed E-state index contributed by atoms with van der Waals surface area (Å²) in [7, 11) is 1.68. The highest BCUT2D eigenvalue weighted by Crippen LogP contribution is 2.48. The van der Waals surface area contributed by atoms with Crippen molar-refractivity contribution in [2.45, 2.75) is 31.8 Å². The lowest BCUT2D eigenvalue weighted by Gasteiger charge is -2.19. The molecule has 3 nitrogen and oxygen atoms in total. The molecular formula is C18H20O3. The molecule has 0 unspecified atom stereocenters. The molecule has 2 aromatic carbocycles. The van der Waals surface area contributed by atoms with E-state index in [2.05, 4.69) is 12.1 Å². The van der Waals surface area contributed by atoms with E-state index in [1.54, 1.807) is 7.11 Å². The predicted molar refractivity (Wildman–Crippen MR) is 81.2 cm³/mol. The molecule has 1 saturated heterocycles. The maximum Gasteiger partial charge on any atom is 0.164 e. The van der Waals surface area contributed by atoms with Crippen molar-refractivity contribution in [3.63, 3.8) is 0 Å². The summed E-state index contributed by atoms with van der Waals surface area (Å²) < 4.78 is 17.7. The first kappa shape index (κ1) is 14.1. The second kappa shape index (κ2) is 5.51. The third-order valence-electron chi connectivity index (χ3n) is 3.67. The summed E-state index contributed by atoms with van der Waals surface area (Å²) in [5, 5.41) is 0. The Labute approximate surface area is 125 Å². The molecule has 0 N–H and O–H groups in total. The Bertz CT molecular complexity index is 607. The number of para-hydroxylation sites is 1. The van der Waals surface area contributed by atoms with Gasteiger partial charge in [0.25, 0.3) is 0 Å². The van der Waals surface area contributed by atoms with Gasteiger partial charge in [0.15, 0.2) is 5.79 Å². The molecule has 0 amide bonds. The summed E-state index contributed by atoms with van der Waals surface area (Å²) in [6.45, 7) is 3.89. The van der Waals surface area contributed by atoms with Gasteiger partial charge in [-0.15, -0.1) is 0 Å². The average molecular weight is 284 g/mol. The van der Waals surface area contributed by atoms with Gasteiger partial charge < -0.3 is 14.2 Å². The van der Waals surface area contributed by atoms with E-state index in [9.17, 15) is 0 Å². The fraction of sp³-hybridized carbons (Fsp3) is 0.333. The minimum atomic E-state index is -0.619. The molecule has 1 aliphatic rings.